The normalized spacial score (nSPS) is 20.7. The average Bonchev–Trinajstić information content (AvgIpc) is 2.64. The highest BCUT2D eigenvalue weighted by Gasteiger charge is 2.27. The van der Waals surface area contributed by atoms with Crippen molar-refractivity contribution in [3.8, 4) is 0 Å². The van der Waals surface area contributed by atoms with Gasteiger partial charge in [-0.15, -0.1) is 0 Å². The van der Waals surface area contributed by atoms with Crippen LogP contribution in [0.2, 0.25) is 0 Å². The Morgan fingerprint density at radius 1 is 1.33 bits per heavy atom. The van der Waals surface area contributed by atoms with Gasteiger partial charge in [0.15, 0.2) is 0 Å². The molecule has 0 radical (unpaired) electrons. The number of hydrogen-bond acceptors (Lipinski definition) is 4. The van der Waals surface area contributed by atoms with Gasteiger partial charge in [0.2, 0.25) is 0 Å². The van der Waals surface area contributed by atoms with E-state index in [1.54, 1.807) is 17.3 Å². The maximum absolute atomic E-state index is 12.4. The van der Waals surface area contributed by atoms with Crippen LogP contribution in [-0.4, -0.2) is 66.2 Å². The van der Waals surface area contributed by atoms with Gasteiger partial charge in [0.25, 0.3) is 0 Å². The second kappa shape index (κ2) is 8.44. The number of aromatic nitrogens is 1. The minimum absolute atomic E-state index is 0.00312. The third-order valence-corrected chi connectivity index (χ3v) is 5.05. The summed E-state index contributed by atoms with van der Waals surface area (Å²) in [4.78, 5) is 20.8. The second-order valence-corrected chi connectivity index (χ2v) is 6.82. The van der Waals surface area contributed by atoms with Gasteiger partial charge in [0.05, 0.1) is 0 Å². The molecule has 6 nitrogen and oxygen atoms in total. The van der Waals surface area contributed by atoms with E-state index in [9.17, 15) is 4.79 Å². The summed E-state index contributed by atoms with van der Waals surface area (Å²) in [5.41, 5.74) is 1.05. The van der Waals surface area contributed by atoms with Gasteiger partial charge in [-0.3, -0.25) is 4.98 Å². The van der Waals surface area contributed by atoms with Crippen LogP contribution in [0.5, 0.6) is 0 Å². The Bertz CT molecular complexity index is 511. The van der Waals surface area contributed by atoms with Crippen molar-refractivity contribution in [2.24, 2.45) is 0 Å². The van der Waals surface area contributed by atoms with Crippen molar-refractivity contribution in [1.82, 2.24) is 20.1 Å². The Morgan fingerprint density at radius 2 is 2.08 bits per heavy atom. The minimum Gasteiger partial charge on any atom is -0.381 e. The molecule has 0 aliphatic carbocycles. The Labute approximate surface area is 144 Å². The average molecular weight is 332 g/mol. The number of nitrogens with zero attached hydrogens (tertiary/aromatic N) is 3. The summed E-state index contributed by atoms with van der Waals surface area (Å²) in [7, 11) is 1.83. The molecule has 2 saturated heterocycles. The number of amides is 2. The van der Waals surface area contributed by atoms with Gasteiger partial charge in [0, 0.05) is 64.4 Å². The zero-order chi connectivity index (χ0) is 16.8. The molecule has 2 fully saturated rings. The Kier molecular flexibility index (Phi) is 6.04. The van der Waals surface area contributed by atoms with Crippen LogP contribution in [-0.2, 0) is 11.3 Å². The molecule has 1 aromatic heterocycles. The van der Waals surface area contributed by atoms with Crippen LogP contribution in [0.15, 0.2) is 24.5 Å². The van der Waals surface area contributed by atoms with Gasteiger partial charge in [-0.2, -0.15) is 0 Å². The van der Waals surface area contributed by atoms with Gasteiger partial charge in [-0.25, -0.2) is 4.79 Å². The number of rotatable bonds is 4. The number of nitrogens with one attached hydrogen (secondary N) is 1. The molecule has 1 N–H and O–H groups in total. The first-order chi connectivity index (χ1) is 11.7. The van der Waals surface area contributed by atoms with E-state index in [1.165, 1.54) is 0 Å². The van der Waals surface area contributed by atoms with Gasteiger partial charge < -0.3 is 19.9 Å². The van der Waals surface area contributed by atoms with Crippen LogP contribution >= 0.6 is 0 Å². The number of carbonyl (C=O) groups is 1. The molecule has 0 spiro atoms. The number of likely N-dealkylation sites (tertiary alicyclic amines) is 1. The lowest BCUT2D eigenvalue weighted by Gasteiger charge is -2.39. The highest BCUT2D eigenvalue weighted by Crippen LogP contribution is 2.20. The smallest absolute Gasteiger partial charge is 0.317 e. The van der Waals surface area contributed by atoms with E-state index in [2.05, 4.69) is 15.2 Å². The minimum atomic E-state index is 0.00312. The van der Waals surface area contributed by atoms with E-state index in [1.807, 2.05) is 19.2 Å². The molecule has 3 rings (SSSR count). The van der Waals surface area contributed by atoms with Crippen LogP contribution < -0.4 is 5.32 Å². The number of urea groups is 1. The highest BCUT2D eigenvalue weighted by atomic mass is 16.5. The molecule has 0 unspecified atom stereocenters. The second-order valence-electron chi connectivity index (χ2n) is 6.82. The molecule has 2 aliphatic rings. The Hall–Kier alpha value is -1.66. The maximum Gasteiger partial charge on any atom is 0.317 e. The first kappa shape index (κ1) is 17.2. The maximum atomic E-state index is 12.4. The van der Waals surface area contributed by atoms with Crippen molar-refractivity contribution < 1.29 is 9.53 Å². The predicted octanol–water partition coefficient (Wildman–Crippen LogP) is 1.87. The van der Waals surface area contributed by atoms with Crippen molar-refractivity contribution in [1.29, 1.82) is 0 Å². The quantitative estimate of drug-likeness (QED) is 0.914. The molecule has 24 heavy (non-hydrogen) atoms. The fourth-order valence-corrected chi connectivity index (χ4v) is 3.58. The van der Waals surface area contributed by atoms with Gasteiger partial charge >= 0.3 is 6.03 Å². The van der Waals surface area contributed by atoms with Crippen LogP contribution in [0.4, 0.5) is 4.79 Å². The van der Waals surface area contributed by atoms with Crippen LogP contribution in [0, 0.1) is 0 Å². The molecule has 6 heteroatoms. The third kappa shape index (κ3) is 4.68. The fraction of sp³-hybridized carbons (Fsp3) is 0.667. The number of hydrogen-bond donors (Lipinski definition) is 1. The lowest BCUT2D eigenvalue weighted by Crippen LogP contribution is -2.51. The zero-order valence-corrected chi connectivity index (χ0v) is 14.5. The SMILES string of the molecule is CN(Cc1cccnc1)C(=O)NC1CCN(C2CCOCC2)CC1. The summed E-state index contributed by atoms with van der Waals surface area (Å²) in [6.07, 6.45) is 7.90. The van der Waals surface area contributed by atoms with E-state index in [0.717, 1.165) is 57.6 Å². The molecular weight excluding hydrogens is 304 g/mol. The third-order valence-electron chi connectivity index (χ3n) is 5.05. The first-order valence-corrected chi connectivity index (χ1v) is 8.94. The molecule has 0 saturated carbocycles. The predicted molar refractivity (Wildman–Crippen MR) is 92.7 cm³/mol. The van der Waals surface area contributed by atoms with Gasteiger partial charge in [-0.1, -0.05) is 6.07 Å². The van der Waals surface area contributed by atoms with Crippen LogP contribution in [0.25, 0.3) is 0 Å². The lowest BCUT2D eigenvalue weighted by atomic mass is 10.00. The first-order valence-electron chi connectivity index (χ1n) is 8.94. The number of ether oxygens (including phenoxy) is 1. The van der Waals surface area contributed by atoms with Gasteiger partial charge in [-0.05, 0) is 37.3 Å². The molecule has 2 aliphatic heterocycles. The van der Waals surface area contributed by atoms with Crippen LogP contribution in [0.3, 0.4) is 0 Å². The lowest BCUT2D eigenvalue weighted by molar-refractivity contribution is 0.0242. The summed E-state index contributed by atoms with van der Waals surface area (Å²) in [5.74, 6) is 0. The van der Waals surface area contributed by atoms with Crippen LogP contribution in [0.1, 0.15) is 31.2 Å². The fourth-order valence-electron chi connectivity index (χ4n) is 3.58. The van der Waals surface area contributed by atoms with Crippen molar-refractivity contribution in [3.05, 3.63) is 30.1 Å². The molecule has 1 aromatic rings. The standard InChI is InChI=1S/C18H28N4O2/c1-21(14-15-3-2-8-19-13-15)18(23)20-16-4-9-22(10-5-16)17-6-11-24-12-7-17/h2-3,8,13,16-17H,4-7,9-12,14H2,1H3,(H,20,23). The van der Waals surface area contributed by atoms with E-state index in [0.29, 0.717) is 12.6 Å². The summed E-state index contributed by atoms with van der Waals surface area (Å²) in [6.45, 7) is 4.51. The van der Waals surface area contributed by atoms with Crippen molar-refractivity contribution in [2.75, 3.05) is 33.4 Å². The summed E-state index contributed by atoms with van der Waals surface area (Å²) in [6, 6.07) is 4.84. The molecule has 132 valence electrons. The molecule has 3 heterocycles. The zero-order valence-electron chi connectivity index (χ0n) is 14.5. The summed E-state index contributed by atoms with van der Waals surface area (Å²) >= 11 is 0. The number of pyridine rings is 1. The van der Waals surface area contributed by atoms with E-state index in [-0.39, 0.29) is 12.1 Å². The summed E-state index contributed by atoms with van der Waals surface area (Å²) in [5, 5.41) is 3.18. The monoisotopic (exact) mass is 332 g/mol. The topological polar surface area (TPSA) is 57.7 Å². The van der Waals surface area contributed by atoms with Gasteiger partial charge in [0.1, 0.15) is 0 Å². The molecule has 0 aromatic carbocycles. The molecule has 0 bridgehead atoms. The van der Waals surface area contributed by atoms with Crippen molar-refractivity contribution >= 4 is 6.03 Å². The number of carbonyl (C=O) groups excluding carboxylic acids is 1. The van der Waals surface area contributed by atoms with Crippen molar-refractivity contribution in [2.45, 2.75) is 44.3 Å². The summed E-state index contributed by atoms with van der Waals surface area (Å²) < 4.78 is 5.45. The largest absolute Gasteiger partial charge is 0.381 e. The molecule has 0 atom stereocenters. The number of piperidine rings is 1. The van der Waals surface area contributed by atoms with Crippen molar-refractivity contribution in [3.63, 3.8) is 0 Å². The Balaban J connectivity index is 1.41. The van der Waals surface area contributed by atoms with E-state index >= 15 is 0 Å². The molecular formula is C18H28N4O2. The van der Waals surface area contributed by atoms with E-state index in [4.69, 9.17) is 4.74 Å². The van der Waals surface area contributed by atoms with E-state index < -0.39 is 0 Å². The highest BCUT2D eigenvalue weighted by molar-refractivity contribution is 5.74. The Morgan fingerprint density at radius 3 is 2.75 bits per heavy atom. The molecule has 2 amide bonds.